The minimum atomic E-state index is 0.118. The number of aromatic nitrogens is 2. The molecule has 6 heteroatoms. The molecule has 2 rings (SSSR count). The van der Waals surface area contributed by atoms with Crippen LogP contribution in [0.25, 0.3) is 0 Å². The van der Waals surface area contributed by atoms with Gasteiger partial charge in [0.2, 0.25) is 5.91 Å². The van der Waals surface area contributed by atoms with Gasteiger partial charge in [0.1, 0.15) is 12.4 Å². The summed E-state index contributed by atoms with van der Waals surface area (Å²) in [6, 6.07) is 1.99. The Bertz CT molecular complexity index is 406. The van der Waals surface area contributed by atoms with E-state index in [2.05, 4.69) is 18.9 Å². The molecule has 94 valence electrons. The maximum atomic E-state index is 12.1. The van der Waals surface area contributed by atoms with Crippen molar-refractivity contribution in [2.45, 2.75) is 31.7 Å². The van der Waals surface area contributed by atoms with Crippen molar-refractivity contribution >= 4 is 23.5 Å². The lowest BCUT2D eigenvalue weighted by molar-refractivity contribution is -0.133. The topological polar surface area (TPSA) is 64.2 Å². The molecule has 5 nitrogen and oxygen atoms in total. The largest absolute Gasteiger partial charge is 0.382 e. The first-order valence-electron chi connectivity index (χ1n) is 5.78. The van der Waals surface area contributed by atoms with Gasteiger partial charge < -0.3 is 10.6 Å². The number of carbonyl (C=O) groups is 1. The summed E-state index contributed by atoms with van der Waals surface area (Å²) >= 11 is 1.92. The van der Waals surface area contributed by atoms with Crippen molar-refractivity contribution in [1.82, 2.24) is 14.7 Å². The summed E-state index contributed by atoms with van der Waals surface area (Å²) in [4.78, 5) is 14.1. The fraction of sp³-hybridized carbons (Fsp3) is 0.636. The van der Waals surface area contributed by atoms with Crippen LogP contribution < -0.4 is 5.73 Å². The third-order valence-corrected chi connectivity index (χ3v) is 4.50. The quantitative estimate of drug-likeness (QED) is 0.848. The van der Waals surface area contributed by atoms with E-state index in [9.17, 15) is 4.79 Å². The molecular weight excluding hydrogens is 236 g/mol. The number of amides is 1. The second-order valence-electron chi connectivity index (χ2n) is 4.34. The summed E-state index contributed by atoms with van der Waals surface area (Å²) in [6.07, 6.45) is 1.74. The second-order valence-corrected chi connectivity index (χ2v) is 5.83. The number of hydrogen-bond donors (Lipinski definition) is 1. The van der Waals surface area contributed by atoms with Crippen LogP contribution in [0, 0.1) is 0 Å². The Morgan fingerprint density at radius 2 is 2.41 bits per heavy atom. The van der Waals surface area contributed by atoms with Crippen molar-refractivity contribution in [3.05, 3.63) is 12.3 Å². The number of hydrogen-bond acceptors (Lipinski definition) is 4. The van der Waals surface area contributed by atoms with Crippen LogP contribution in [0.3, 0.4) is 0 Å². The Morgan fingerprint density at radius 1 is 1.65 bits per heavy atom. The zero-order valence-electron chi connectivity index (χ0n) is 10.2. The Morgan fingerprint density at radius 3 is 3.06 bits per heavy atom. The van der Waals surface area contributed by atoms with Gasteiger partial charge in [-0.3, -0.25) is 9.48 Å². The minimum Gasteiger partial charge on any atom is -0.382 e. The third-order valence-electron chi connectivity index (χ3n) is 3.16. The smallest absolute Gasteiger partial charge is 0.244 e. The molecule has 17 heavy (non-hydrogen) atoms. The van der Waals surface area contributed by atoms with E-state index in [0.717, 1.165) is 12.3 Å². The van der Waals surface area contributed by atoms with Gasteiger partial charge in [-0.1, -0.05) is 6.92 Å². The lowest BCUT2D eigenvalue weighted by atomic mass is 10.2. The van der Waals surface area contributed by atoms with Crippen molar-refractivity contribution in [1.29, 1.82) is 0 Å². The van der Waals surface area contributed by atoms with Crippen molar-refractivity contribution < 1.29 is 4.79 Å². The molecule has 0 radical (unpaired) electrons. The molecule has 0 aromatic carbocycles. The Kier molecular flexibility index (Phi) is 3.61. The first-order valence-corrected chi connectivity index (χ1v) is 6.83. The van der Waals surface area contributed by atoms with Crippen LogP contribution in [-0.2, 0) is 11.3 Å². The average Bonchev–Trinajstić information content (AvgIpc) is 2.68. The Hall–Kier alpha value is -1.17. The molecule has 1 aliphatic heterocycles. The zero-order valence-corrected chi connectivity index (χ0v) is 11.0. The van der Waals surface area contributed by atoms with Crippen molar-refractivity contribution in [3.63, 3.8) is 0 Å². The minimum absolute atomic E-state index is 0.118. The molecule has 1 aromatic rings. The molecule has 1 fully saturated rings. The summed E-state index contributed by atoms with van der Waals surface area (Å²) < 4.78 is 1.59. The number of anilines is 1. The first-order chi connectivity index (χ1) is 8.08. The van der Waals surface area contributed by atoms with Gasteiger partial charge in [-0.15, -0.1) is 0 Å². The van der Waals surface area contributed by atoms with Crippen LogP contribution in [0.15, 0.2) is 12.3 Å². The van der Waals surface area contributed by atoms with Gasteiger partial charge in [-0.05, 0) is 13.0 Å². The number of rotatable bonds is 2. The molecule has 1 aliphatic rings. The summed E-state index contributed by atoms with van der Waals surface area (Å²) in [7, 11) is 0. The standard InChI is InChI=1S/C11H18N4OS/c1-8-9(2)17-6-5-15(8)11(16)7-14-4-3-10(12)13-14/h3-4,8-9H,5-7H2,1-2H3,(H2,12,13). The normalized spacial score (nSPS) is 24.9. The molecule has 2 atom stereocenters. The van der Waals surface area contributed by atoms with E-state index in [1.54, 1.807) is 16.9 Å². The fourth-order valence-corrected chi connectivity index (χ4v) is 3.08. The molecule has 0 bridgehead atoms. The monoisotopic (exact) mass is 254 g/mol. The molecule has 2 unspecified atom stereocenters. The van der Waals surface area contributed by atoms with Gasteiger partial charge in [0.15, 0.2) is 0 Å². The van der Waals surface area contributed by atoms with Crippen LogP contribution in [0.2, 0.25) is 0 Å². The van der Waals surface area contributed by atoms with E-state index in [1.807, 2.05) is 16.7 Å². The molecule has 1 saturated heterocycles. The molecule has 1 amide bonds. The van der Waals surface area contributed by atoms with Crippen molar-refractivity contribution in [2.24, 2.45) is 0 Å². The van der Waals surface area contributed by atoms with Gasteiger partial charge in [0.05, 0.1) is 0 Å². The van der Waals surface area contributed by atoms with Crippen LogP contribution in [0.4, 0.5) is 5.82 Å². The van der Waals surface area contributed by atoms with Crippen LogP contribution in [0.5, 0.6) is 0 Å². The highest BCUT2D eigenvalue weighted by atomic mass is 32.2. The number of nitrogens with two attached hydrogens (primary N) is 1. The van der Waals surface area contributed by atoms with E-state index in [1.165, 1.54) is 0 Å². The summed E-state index contributed by atoms with van der Waals surface area (Å²) in [6.45, 7) is 5.37. The van der Waals surface area contributed by atoms with Gasteiger partial charge in [-0.2, -0.15) is 16.9 Å². The lowest BCUT2D eigenvalue weighted by Crippen LogP contribution is -2.49. The van der Waals surface area contributed by atoms with Gasteiger partial charge in [0, 0.05) is 29.8 Å². The number of nitrogen functional groups attached to an aromatic ring is 1. The zero-order chi connectivity index (χ0) is 12.4. The van der Waals surface area contributed by atoms with Crippen LogP contribution in [-0.4, -0.2) is 44.2 Å². The number of carbonyl (C=O) groups excluding carboxylic acids is 1. The van der Waals surface area contributed by atoms with E-state index in [-0.39, 0.29) is 18.5 Å². The second kappa shape index (κ2) is 5.00. The maximum absolute atomic E-state index is 12.1. The lowest BCUT2D eigenvalue weighted by Gasteiger charge is -2.37. The Labute approximate surface area is 105 Å². The summed E-state index contributed by atoms with van der Waals surface area (Å²) in [5, 5.41) is 4.53. The SMILES string of the molecule is CC1SCCN(C(=O)Cn2ccc(N)n2)C1C. The molecule has 1 aromatic heterocycles. The summed E-state index contributed by atoms with van der Waals surface area (Å²) in [5.41, 5.74) is 5.52. The van der Waals surface area contributed by atoms with E-state index in [0.29, 0.717) is 11.1 Å². The molecule has 0 aliphatic carbocycles. The highest BCUT2D eigenvalue weighted by molar-refractivity contribution is 8.00. The molecule has 0 spiro atoms. The fourth-order valence-electron chi connectivity index (χ4n) is 1.98. The van der Waals surface area contributed by atoms with Gasteiger partial charge in [-0.25, -0.2) is 0 Å². The number of thioether (sulfide) groups is 1. The van der Waals surface area contributed by atoms with Crippen LogP contribution in [0.1, 0.15) is 13.8 Å². The molecule has 2 N–H and O–H groups in total. The van der Waals surface area contributed by atoms with Gasteiger partial charge >= 0.3 is 0 Å². The number of nitrogens with zero attached hydrogens (tertiary/aromatic N) is 3. The molecule has 2 heterocycles. The predicted octanol–water partition coefficient (Wildman–Crippen LogP) is 0.818. The summed E-state index contributed by atoms with van der Waals surface area (Å²) in [5.74, 6) is 1.58. The highest BCUT2D eigenvalue weighted by Gasteiger charge is 2.28. The van der Waals surface area contributed by atoms with Crippen molar-refractivity contribution in [3.8, 4) is 0 Å². The maximum Gasteiger partial charge on any atom is 0.244 e. The predicted molar refractivity (Wildman–Crippen MR) is 69.7 cm³/mol. The van der Waals surface area contributed by atoms with Gasteiger partial charge in [0.25, 0.3) is 0 Å². The molecular formula is C11H18N4OS. The Balaban J connectivity index is 1.99. The van der Waals surface area contributed by atoms with E-state index in [4.69, 9.17) is 5.73 Å². The van der Waals surface area contributed by atoms with E-state index >= 15 is 0 Å². The van der Waals surface area contributed by atoms with E-state index < -0.39 is 0 Å². The highest BCUT2D eigenvalue weighted by Crippen LogP contribution is 2.24. The first kappa shape index (κ1) is 12.3. The average molecular weight is 254 g/mol. The van der Waals surface area contributed by atoms with Crippen LogP contribution >= 0.6 is 11.8 Å². The third kappa shape index (κ3) is 2.74. The van der Waals surface area contributed by atoms with Crippen molar-refractivity contribution in [2.75, 3.05) is 18.0 Å². The molecule has 0 saturated carbocycles.